The lowest BCUT2D eigenvalue weighted by Gasteiger charge is -2.27. The van der Waals surface area contributed by atoms with Gasteiger partial charge in [-0.2, -0.15) is 0 Å². The third-order valence-electron chi connectivity index (χ3n) is 4.36. The van der Waals surface area contributed by atoms with Gasteiger partial charge in [0.1, 0.15) is 12.1 Å². The minimum absolute atomic E-state index is 0.00215. The first-order chi connectivity index (χ1) is 11.5. The van der Waals surface area contributed by atoms with Gasteiger partial charge in [0.05, 0.1) is 5.92 Å². The Labute approximate surface area is 142 Å². The zero-order valence-electron chi connectivity index (χ0n) is 14.4. The number of carbonyl (C=O) groups excluding carboxylic acids is 3. The topological polar surface area (TPSA) is 109 Å². The first-order valence-electron chi connectivity index (χ1n) is 8.73. The Morgan fingerprint density at radius 3 is 2.58 bits per heavy atom. The van der Waals surface area contributed by atoms with Gasteiger partial charge in [-0.25, -0.2) is 10.2 Å². The highest BCUT2D eigenvalue weighted by Gasteiger charge is 2.27. The van der Waals surface area contributed by atoms with Crippen molar-refractivity contribution in [1.29, 1.82) is 0 Å². The van der Waals surface area contributed by atoms with Gasteiger partial charge in [-0.1, -0.05) is 13.8 Å². The molecule has 1 saturated carbocycles. The first-order valence-corrected chi connectivity index (χ1v) is 8.73. The Hall–Kier alpha value is -1.83. The monoisotopic (exact) mass is 340 g/mol. The summed E-state index contributed by atoms with van der Waals surface area (Å²) >= 11 is 0. The molecule has 0 aromatic rings. The van der Waals surface area contributed by atoms with Crippen LogP contribution in [0.1, 0.15) is 46.0 Å². The molecule has 1 aliphatic carbocycles. The van der Waals surface area contributed by atoms with E-state index in [4.69, 9.17) is 4.74 Å². The van der Waals surface area contributed by atoms with Crippen molar-refractivity contribution >= 4 is 17.9 Å². The van der Waals surface area contributed by atoms with E-state index in [1.54, 1.807) is 0 Å². The normalized spacial score (nSPS) is 21.8. The van der Waals surface area contributed by atoms with Crippen molar-refractivity contribution in [3.05, 3.63) is 0 Å². The summed E-state index contributed by atoms with van der Waals surface area (Å²) in [6, 6.07) is -0.664. The number of hydrogen-bond acceptors (Lipinski definition) is 5. The number of alkyl carbamates (subject to hydrolysis) is 1. The van der Waals surface area contributed by atoms with Crippen molar-refractivity contribution in [1.82, 2.24) is 21.5 Å². The van der Waals surface area contributed by atoms with Gasteiger partial charge in [0.2, 0.25) is 5.91 Å². The van der Waals surface area contributed by atoms with Crippen molar-refractivity contribution in [3.63, 3.8) is 0 Å². The Kier molecular flexibility index (Phi) is 6.84. The van der Waals surface area contributed by atoms with Crippen molar-refractivity contribution < 1.29 is 19.1 Å². The number of carbonyl (C=O) groups is 3. The van der Waals surface area contributed by atoms with Crippen LogP contribution in [0.5, 0.6) is 0 Å². The second-order valence-electron chi connectivity index (χ2n) is 6.93. The van der Waals surface area contributed by atoms with Crippen LogP contribution in [0.4, 0.5) is 4.79 Å². The lowest BCUT2D eigenvalue weighted by Crippen LogP contribution is -2.53. The fourth-order valence-electron chi connectivity index (χ4n) is 2.71. The Bertz CT molecular complexity index is 465. The first kappa shape index (κ1) is 18.5. The van der Waals surface area contributed by atoms with E-state index in [0.717, 1.165) is 25.7 Å². The predicted octanol–water partition coefficient (Wildman–Crippen LogP) is 0.437. The molecular formula is C16H28N4O4. The summed E-state index contributed by atoms with van der Waals surface area (Å²) in [5.74, 6) is -0.221. The molecule has 0 unspecified atom stereocenters. The molecule has 1 heterocycles. The lowest BCUT2D eigenvalue weighted by atomic mass is 9.96. The molecule has 136 valence electrons. The van der Waals surface area contributed by atoms with E-state index in [0.29, 0.717) is 19.5 Å². The Morgan fingerprint density at radius 2 is 2.04 bits per heavy atom. The quantitative estimate of drug-likeness (QED) is 0.479. The van der Waals surface area contributed by atoms with Gasteiger partial charge in [-0.15, -0.1) is 0 Å². The molecule has 2 aliphatic rings. The van der Waals surface area contributed by atoms with Crippen LogP contribution in [-0.2, 0) is 14.3 Å². The van der Waals surface area contributed by atoms with Crippen molar-refractivity contribution in [2.45, 2.75) is 58.1 Å². The number of hydrazine groups is 1. The van der Waals surface area contributed by atoms with Gasteiger partial charge < -0.3 is 15.4 Å². The molecule has 24 heavy (non-hydrogen) atoms. The Morgan fingerprint density at radius 1 is 1.29 bits per heavy atom. The van der Waals surface area contributed by atoms with E-state index in [9.17, 15) is 14.4 Å². The molecule has 2 rings (SSSR count). The minimum Gasteiger partial charge on any atom is -0.446 e. The summed E-state index contributed by atoms with van der Waals surface area (Å²) in [5, 5.41) is 5.39. The third kappa shape index (κ3) is 5.67. The van der Waals surface area contributed by atoms with Crippen LogP contribution in [0.3, 0.4) is 0 Å². The number of amides is 3. The lowest BCUT2D eigenvalue weighted by molar-refractivity contribution is -0.126. The van der Waals surface area contributed by atoms with Crippen molar-refractivity contribution in [2.24, 2.45) is 11.8 Å². The third-order valence-corrected chi connectivity index (χ3v) is 4.36. The van der Waals surface area contributed by atoms with Crippen LogP contribution in [0, 0.1) is 11.8 Å². The maximum atomic E-state index is 12.3. The van der Waals surface area contributed by atoms with Crippen LogP contribution in [0.15, 0.2) is 0 Å². The molecule has 1 aliphatic heterocycles. The maximum absolute atomic E-state index is 12.3. The number of hydrogen-bond donors (Lipinski definition) is 4. The minimum atomic E-state index is -0.664. The summed E-state index contributed by atoms with van der Waals surface area (Å²) in [7, 11) is 0. The maximum Gasteiger partial charge on any atom is 0.408 e. The zero-order chi connectivity index (χ0) is 17.5. The number of ether oxygens (including phenoxy) is 1. The van der Waals surface area contributed by atoms with Crippen LogP contribution in [-0.4, -0.2) is 43.1 Å². The van der Waals surface area contributed by atoms with E-state index < -0.39 is 12.1 Å². The van der Waals surface area contributed by atoms with Crippen molar-refractivity contribution in [3.8, 4) is 0 Å². The van der Waals surface area contributed by atoms with Crippen LogP contribution in [0.25, 0.3) is 0 Å². The summed E-state index contributed by atoms with van der Waals surface area (Å²) < 4.78 is 5.24. The van der Waals surface area contributed by atoms with E-state index in [1.807, 2.05) is 13.8 Å². The van der Waals surface area contributed by atoms with Gasteiger partial charge in [0, 0.05) is 13.1 Å². The van der Waals surface area contributed by atoms with Gasteiger partial charge >= 0.3 is 6.09 Å². The summed E-state index contributed by atoms with van der Waals surface area (Å²) in [6.07, 6.45) is 3.55. The molecule has 0 aromatic heterocycles. The molecule has 8 heteroatoms. The average molecular weight is 340 g/mol. The summed E-state index contributed by atoms with van der Waals surface area (Å²) in [4.78, 5) is 35.7. The molecule has 4 N–H and O–H groups in total. The molecule has 2 fully saturated rings. The molecular weight excluding hydrogens is 312 g/mol. The number of rotatable bonds is 8. The highest BCUT2D eigenvalue weighted by Crippen LogP contribution is 2.22. The summed E-state index contributed by atoms with van der Waals surface area (Å²) in [5.41, 5.74) is 5.38. The van der Waals surface area contributed by atoms with Crippen molar-refractivity contribution in [2.75, 3.05) is 13.1 Å². The molecule has 8 nitrogen and oxygen atoms in total. The van der Waals surface area contributed by atoms with E-state index >= 15 is 0 Å². The fraction of sp³-hybridized carbons (Fsp3) is 0.812. The second-order valence-corrected chi connectivity index (χ2v) is 6.93. The molecule has 0 aromatic carbocycles. The molecule has 1 saturated heterocycles. The largest absolute Gasteiger partial charge is 0.446 e. The molecule has 2 atom stereocenters. The molecule has 0 radical (unpaired) electrons. The molecule has 3 amide bonds. The van der Waals surface area contributed by atoms with Gasteiger partial charge in [0.15, 0.2) is 0 Å². The molecule has 0 bridgehead atoms. The van der Waals surface area contributed by atoms with E-state index in [1.165, 1.54) is 0 Å². The Balaban J connectivity index is 1.75. The average Bonchev–Trinajstić information content (AvgIpc) is 2.87. The van der Waals surface area contributed by atoms with Gasteiger partial charge in [0.25, 0.3) is 5.91 Å². The smallest absolute Gasteiger partial charge is 0.408 e. The highest BCUT2D eigenvalue weighted by atomic mass is 16.6. The fourth-order valence-corrected chi connectivity index (χ4v) is 2.71. The summed E-state index contributed by atoms with van der Waals surface area (Å²) in [6.45, 7) is 5.01. The van der Waals surface area contributed by atoms with Crippen LogP contribution < -0.4 is 21.5 Å². The SMILES string of the molecule is CC(C)C[C@H](NC(=O)OC1CCC1)C(=O)NNC[C@@H]1CCNC1=O. The van der Waals surface area contributed by atoms with Crippen LogP contribution >= 0.6 is 0 Å². The predicted molar refractivity (Wildman–Crippen MR) is 87.8 cm³/mol. The molecule has 0 spiro atoms. The van der Waals surface area contributed by atoms with Gasteiger partial charge in [-0.05, 0) is 38.0 Å². The second kappa shape index (κ2) is 8.86. The van der Waals surface area contributed by atoms with Crippen LogP contribution in [0.2, 0.25) is 0 Å². The number of nitrogens with one attached hydrogen (secondary N) is 4. The zero-order valence-corrected chi connectivity index (χ0v) is 14.4. The standard InChI is InChI=1S/C16H28N4O4/c1-10(2)8-13(19-16(23)24-12-4-3-5-12)15(22)20-18-9-11-6-7-17-14(11)21/h10-13,18H,3-9H2,1-2H3,(H,17,21)(H,19,23)(H,20,22)/t11-,13-/m0/s1. The van der Waals surface area contributed by atoms with E-state index in [-0.39, 0.29) is 29.8 Å². The van der Waals surface area contributed by atoms with E-state index in [2.05, 4.69) is 21.5 Å². The van der Waals surface area contributed by atoms with Gasteiger partial charge in [-0.3, -0.25) is 15.0 Å². The highest BCUT2D eigenvalue weighted by molar-refractivity contribution is 5.85.